The fraction of sp³-hybridized carbons (Fsp3) is 0. The molecular weight excluding hydrogens is 695 g/mol. The van der Waals surface area contributed by atoms with Crippen LogP contribution in [0.2, 0.25) is 10.0 Å². The third-order valence-electron chi connectivity index (χ3n) is 1.53. The van der Waals surface area contributed by atoms with Gasteiger partial charge in [-0.2, -0.15) is 0 Å². The van der Waals surface area contributed by atoms with Crippen molar-refractivity contribution >= 4 is 164 Å². The predicted molar refractivity (Wildman–Crippen MR) is 121 cm³/mol. The van der Waals surface area contributed by atoms with Crippen LogP contribution in [0, 0.1) is 0 Å². The van der Waals surface area contributed by atoms with Crippen molar-refractivity contribution < 1.29 is 20.1 Å². The second kappa shape index (κ2) is 18.4. The van der Waals surface area contributed by atoms with E-state index in [1.165, 1.54) is 16.5 Å². The van der Waals surface area contributed by atoms with E-state index < -0.39 is 42.0 Å². The van der Waals surface area contributed by atoms with Gasteiger partial charge in [0.25, 0.3) is 0 Å². The molecular formula is C7H3Cl11GeO4Si3. The van der Waals surface area contributed by atoms with E-state index in [0.29, 0.717) is 0 Å². The van der Waals surface area contributed by atoms with Gasteiger partial charge in [-0.1, -0.05) is 0 Å². The molecule has 148 valence electrons. The van der Waals surface area contributed by atoms with Crippen LogP contribution in [0.25, 0.3) is 0 Å². The van der Waals surface area contributed by atoms with E-state index in [-0.39, 0.29) is 15.6 Å². The molecule has 0 fully saturated rings. The van der Waals surface area contributed by atoms with E-state index in [1.807, 2.05) is 0 Å². The van der Waals surface area contributed by atoms with Crippen LogP contribution < -0.4 is 0 Å². The summed E-state index contributed by atoms with van der Waals surface area (Å²) in [6, 6.07) is 0. The summed E-state index contributed by atoms with van der Waals surface area (Å²) in [4.78, 5) is 11.0. The molecule has 0 saturated carbocycles. The predicted octanol–water partition coefficient (Wildman–Crippen LogP) is 6.48. The van der Waals surface area contributed by atoms with Crippen molar-refractivity contribution in [3.05, 3.63) is 15.6 Å². The molecule has 0 aromatic heterocycles. The van der Waals surface area contributed by atoms with Gasteiger partial charge in [0.15, 0.2) is 0 Å². The number of halogens is 11. The van der Waals surface area contributed by atoms with Gasteiger partial charge < -0.3 is 0 Å². The molecule has 0 aliphatic rings. The fourth-order valence-corrected chi connectivity index (χ4v) is 2.30. The third kappa shape index (κ3) is 18.7. The standard InChI is InChI=1S/C7H3Cl2GeO4.3Cl3Si/c8-2-1(7(10)14)3(9)5(12)6(13)4(2)11;3*1-4(2)3/h11-13H;;;. The fourth-order valence-electron chi connectivity index (χ4n) is 0.853. The Kier molecular flexibility index (Phi) is 23.6. The van der Waals surface area contributed by atoms with Crippen LogP contribution in [0.5, 0.6) is 17.2 Å². The summed E-state index contributed by atoms with van der Waals surface area (Å²) in [7, 11) is 0. The van der Waals surface area contributed by atoms with Crippen LogP contribution in [0.1, 0.15) is 10.4 Å². The van der Waals surface area contributed by atoms with Gasteiger partial charge in [-0.25, -0.2) is 0 Å². The summed E-state index contributed by atoms with van der Waals surface area (Å²) in [6.45, 7) is -4.39. The van der Waals surface area contributed by atoms with Crippen molar-refractivity contribution in [2.24, 2.45) is 0 Å². The number of benzene rings is 1. The molecule has 3 N–H and O–H groups in total. The molecule has 0 atom stereocenters. The van der Waals surface area contributed by atoms with Crippen molar-refractivity contribution in [2.45, 2.75) is 0 Å². The van der Waals surface area contributed by atoms with Gasteiger partial charge in [0.1, 0.15) is 0 Å². The molecule has 0 amide bonds. The van der Waals surface area contributed by atoms with Crippen molar-refractivity contribution in [1.82, 2.24) is 0 Å². The average Bonchev–Trinajstić information content (AvgIpc) is 2.41. The van der Waals surface area contributed by atoms with Crippen LogP contribution in [0.4, 0.5) is 0 Å². The van der Waals surface area contributed by atoms with Crippen LogP contribution in [0.15, 0.2) is 0 Å². The number of phenols is 3. The Bertz CT molecular complexity index is 514. The van der Waals surface area contributed by atoms with Gasteiger partial charge in [0.2, 0.25) is 0 Å². The monoisotopic (exact) mass is 694 g/mol. The number of hydrogen-bond donors (Lipinski definition) is 3. The molecule has 1 rings (SSSR count). The molecule has 0 heterocycles. The van der Waals surface area contributed by atoms with Crippen LogP contribution in [-0.2, 0) is 0 Å². The van der Waals surface area contributed by atoms with E-state index >= 15 is 0 Å². The normalized spacial score (nSPS) is 9.65. The number of phenolic OH excluding ortho intramolecular Hbond substituents is 3. The Morgan fingerprint density at radius 2 is 0.846 bits per heavy atom. The molecule has 0 bridgehead atoms. The number of aromatic hydroxyl groups is 3. The van der Waals surface area contributed by atoms with Gasteiger partial charge in [-0.05, 0) is 0 Å². The molecule has 0 aliphatic carbocycles. The summed E-state index contributed by atoms with van der Waals surface area (Å²) in [5, 5.41) is 26.7. The summed E-state index contributed by atoms with van der Waals surface area (Å²) in [5.41, 5.74) is -0.221. The number of rotatable bonds is 1. The molecule has 0 saturated heterocycles. The summed E-state index contributed by atoms with van der Waals surface area (Å²) in [6.07, 6.45) is 0. The molecule has 1 aromatic rings. The van der Waals surface area contributed by atoms with Crippen molar-refractivity contribution in [2.75, 3.05) is 0 Å². The summed E-state index contributed by atoms with van der Waals surface area (Å²) in [5.74, 6) is -2.37. The van der Waals surface area contributed by atoms with Crippen molar-refractivity contribution in [3.63, 3.8) is 0 Å². The molecule has 6 radical (unpaired) electrons. The van der Waals surface area contributed by atoms with Crippen molar-refractivity contribution in [3.8, 4) is 17.2 Å². The Hall–Kier alpha value is 2.67. The van der Waals surface area contributed by atoms with Gasteiger partial charge in [-0.15, -0.1) is 99.7 Å². The molecule has 0 spiro atoms. The second-order valence-electron chi connectivity index (χ2n) is 3.02. The average molecular weight is 698 g/mol. The molecule has 1 aromatic carbocycles. The van der Waals surface area contributed by atoms with Gasteiger partial charge in [0, 0.05) is 0 Å². The number of hydrogen-bond acceptors (Lipinski definition) is 4. The SMILES string of the molecule is Cl[Si](Cl)Cl.Cl[Si](Cl)Cl.Cl[Si](Cl)Cl.O=[C]([Ge])c1c(Cl)c(O)c(O)c(O)c1Cl. The first-order chi connectivity index (χ1) is 11.6. The van der Waals surface area contributed by atoms with E-state index in [2.05, 4.69) is 0 Å². The molecule has 26 heavy (non-hydrogen) atoms. The van der Waals surface area contributed by atoms with Gasteiger partial charge in [0.05, 0.1) is 0 Å². The number of carbonyl (C=O) groups is 1. The Balaban J connectivity index is -0.000000362. The first-order valence-corrected chi connectivity index (χ1v) is 20.4. The zero-order chi connectivity index (χ0) is 21.8. The maximum atomic E-state index is 11.0. The van der Waals surface area contributed by atoms with E-state index in [9.17, 15) is 15.0 Å². The Labute approximate surface area is 214 Å². The Morgan fingerprint density at radius 1 is 0.654 bits per heavy atom. The molecule has 0 unspecified atom stereocenters. The van der Waals surface area contributed by atoms with E-state index in [1.54, 1.807) is 0 Å². The first kappa shape index (κ1) is 33.3. The topological polar surface area (TPSA) is 77.8 Å². The molecule has 4 nitrogen and oxygen atoms in total. The Morgan fingerprint density at radius 3 is 1.00 bits per heavy atom. The molecule has 19 heteroatoms. The van der Waals surface area contributed by atoms with Crippen LogP contribution in [0.3, 0.4) is 0 Å². The van der Waals surface area contributed by atoms with Gasteiger partial charge in [-0.3, -0.25) is 0 Å². The third-order valence-corrected chi connectivity index (χ3v) is 2.79. The second-order valence-corrected chi connectivity index (χ2v) is 21.4. The van der Waals surface area contributed by atoms with Crippen LogP contribution in [-0.4, -0.2) is 56.6 Å². The quantitative estimate of drug-likeness (QED) is 0.179. The number of carbonyl (C=O) groups excluding carboxylic acids is 1. The zero-order valence-electron chi connectivity index (χ0n) is 11.4. The van der Waals surface area contributed by atoms with E-state index in [0.717, 1.165) is 0 Å². The summed E-state index contributed by atoms with van der Waals surface area (Å²) >= 11 is 56.4. The summed E-state index contributed by atoms with van der Waals surface area (Å²) < 4.78 is -0.523. The van der Waals surface area contributed by atoms with Crippen molar-refractivity contribution in [1.29, 1.82) is 0 Å². The first-order valence-electron chi connectivity index (χ1n) is 4.95. The van der Waals surface area contributed by atoms with E-state index in [4.69, 9.17) is 128 Å². The minimum atomic E-state index is -1.46. The van der Waals surface area contributed by atoms with Crippen LogP contribution >= 0.6 is 123 Å². The van der Waals surface area contributed by atoms with Gasteiger partial charge >= 0.3 is 117 Å². The minimum absolute atomic E-state index is 0.221. The molecule has 0 aliphatic heterocycles. The maximum absolute atomic E-state index is 11.0. The zero-order valence-corrected chi connectivity index (χ0v) is 24.8.